The summed E-state index contributed by atoms with van der Waals surface area (Å²) in [7, 11) is 0. The third kappa shape index (κ3) is 1.71. The predicted octanol–water partition coefficient (Wildman–Crippen LogP) is 0.670. The highest BCUT2D eigenvalue weighted by molar-refractivity contribution is 5.75. The first-order chi connectivity index (χ1) is 6.68. The summed E-state index contributed by atoms with van der Waals surface area (Å²) in [5, 5.41) is 3.04. The van der Waals surface area contributed by atoms with Crippen LogP contribution in [0, 0.1) is 0 Å². The highest BCUT2D eigenvalue weighted by atomic mass is 16.2. The normalized spacial score (nSPS) is 32.9. The molecule has 2 amide bonds. The Balaban J connectivity index is 1.84. The molecule has 0 aromatic carbocycles. The molecule has 0 aromatic heterocycles. The number of nitrogens with two attached hydrogens (primary N) is 1. The molecule has 2 unspecified atom stereocenters. The molecule has 2 aliphatic rings. The molecule has 1 heterocycles. The number of rotatable bonds is 1. The van der Waals surface area contributed by atoms with Gasteiger partial charge in [-0.15, -0.1) is 0 Å². The number of nitrogens with one attached hydrogen (secondary N) is 1. The number of hydrogen-bond donors (Lipinski definition) is 2. The van der Waals surface area contributed by atoms with Crippen molar-refractivity contribution in [3.8, 4) is 0 Å². The number of hydrogen-bond acceptors (Lipinski definition) is 2. The van der Waals surface area contributed by atoms with Crippen LogP contribution in [0.2, 0.25) is 0 Å². The number of urea groups is 1. The van der Waals surface area contributed by atoms with Crippen LogP contribution in [-0.2, 0) is 0 Å². The number of carbonyl (C=O) groups excluding carboxylic acids is 1. The summed E-state index contributed by atoms with van der Waals surface area (Å²) in [5.74, 6) is 0. The van der Waals surface area contributed by atoms with Crippen molar-refractivity contribution >= 4 is 6.03 Å². The summed E-state index contributed by atoms with van der Waals surface area (Å²) >= 11 is 0. The number of carbonyl (C=O) groups is 1. The summed E-state index contributed by atoms with van der Waals surface area (Å²) < 4.78 is 0. The topological polar surface area (TPSA) is 58.4 Å². The molecule has 1 aliphatic heterocycles. The molecular formula is C10H19N3O. The fourth-order valence-corrected chi connectivity index (χ4v) is 2.06. The van der Waals surface area contributed by atoms with Gasteiger partial charge >= 0.3 is 6.03 Å². The molecule has 0 aromatic rings. The largest absolute Gasteiger partial charge is 0.335 e. The van der Waals surface area contributed by atoms with Crippen LogP contribution in [0.25, 0.3) is 0 Å². The molecule has 80 valence electrons. The molecule has 0 radical (unpaired) electrons. The second-order valence-corrected chi connectivity index (χ2v) is 4.46. The lowest BCUT2D eigenvalue weighted by Crippen LogP contribution is -2.50. The van der Waals surface area contributed by atoms with Crippen LogP contribution in [-0.4, -0.2) is 35.6 Å². The van der Waals surface area contributed by atoms with Crippen molar-refractivity contribution in [3.63, 3.8) is 0 Å². The van der Waals surface area contributed by atoms with Crippen molar-refractivity contribution in [1.82, 2.24) is 10.2 Å². The Hall–Kier alpha value is -0.770. The Bertz CT molecular complexity index is 227. The van der Waals surface area contributed by atoms with E-state index in [9.17, 15) is 4.79 Å². The molecule has 0 spiro atoms. The van der Waals surface area contributed by atoms with Crippen molar-refractivity contribution in [3.05, 3.63) is 0 Å². The lowest BCUT2D eigenvalue weighted by molar-refractivity contribution is 0.183. The molecular weight excluding hydrogens is 178 g/mol. The molecule has 1 aliphatic carbocycles. The molecule has 2 rings (SSSR count). The molecule has 4 heteroatoms. The third-order valence-electron chi connectivity index (χ3n) is 3.51. The van der Waals surface area contributed by atoms with Gasteiger partial charge in [-0.3, -0.25) is 0 Å². The van der Waals surface area contributed by atoms with Gasteiger partial charge in [-0.2, -0.15) is 0 Å². The highest BCUT2D eigenvalue weighted by Gasteiger charge is 2.32. The lowest BCUT2D eigenvalue weighted by atomic mass is 9.93. The zero-order valence-electron chi connectivity index (χ0n) is 8.70. The van der Waals surface area contributed by atoms with Crippen molar-refractivity contribution in [2.45, 2.75) is 50.7 Å². The van der Waals surface area contributed by atoms with Gasteiger partial charge in [0.05, 0.1) is 0 Å². The molecule has 1 saturated carbocycles. The number of nitrogens with zero attached hydrogens (tertiary/aromatic N) is 1. The lowest BCUT2D eigenvalue weighted by Gasteiger charge is -2.31. The van der Waals surface area contributed by atoms with Gasteiger partial charge in [-0.05, 0) is 32.6 Å². The fourth-order valence-electron chi connectivity index (χ4n) is 2.06. The molecule has 2 fully saturated rings. The van der Waals surface area contributed by atoms with Crippen molar-refractivity contribution < 1.29 is 4.79 Å². The van der Waals surface area contributed by atoms with E-state index in [0.29, 0.717) is 6.04 Å². The fraction of sp³-hybridized carbons (Fsp3) is 0.900. The van der Waals surface area contributed by atoms with Gasteiger partial charge in [0.2, 0.25) is 0 Å². The number of likely N-dealkylation sites (tertiary alicyclic amines) is 1. The third-order valence-corrected chi connectivity index (χ3v) is 3.51. The summed E-state index contributed by atoms with van der Waals surface area (Å²) in [6.45, 7) is 2.83. The minimum Gasteiger partial charge on any atom is -0.335 e. The van der Waals surface area contributed by atoms with Crippen LogP contribution < -0.4 is 11.1 Å². The van der Waals surface area contributed by atoms with E-state index in [-0.39, 0.29) is 18.1 Å². The molecule has 0 bridgehead atoms. The van der Waals surface area contributed by atoms with Crippen LogP contribution in [0.3, 0.4) is 0 Å². The summed E-state index contributed by atoms with van der Waals surface area (Å²) in [6, 6.07) is 0.846. The van der Waals surface area contributed by atoms with Crippen molar-refractivity contribution in [2.24, 2.45) is 5.73 Å². The average molecular weight is 197 g/mol. The van der Waals surface area contributed by atoms with Crippen molar-refractivity contribution in [2.75, 3.05) is 6.54 Å². The van der Waals surface area contributed by atoms with E-state index in [1.807, 2.05) is 11.8 Å². The minimum atomic E-state index is 0.0788. The molecule has 14 heavy (non-hydrogen) atoms. The maximum absolute atomic E-state index is 11.8. The van der Waals surface area contributed by atoms with Gasteiger partial charge in [-0.25, -0.2) is 4.79 Å². The first kappa shape index (κ1) is 9.77. The average Bonchev–Trinajstić information content (AvgIpc) is 2.41. The Labute approximate surface area is 84.8 Å². The first-order valence-electron chi connectivity index (χ1n) is 5.51. The quantitative estimate of drug-likeness (QED) is 0.649. The first-order valence-corrected chi connectivity index (χ1v) is 5.51. The summed E-state index contributed by atoms with van der Waals surface area (Å²) in [5.41, 5.74) is 5.86. The zero-order valence-corrected chi connectivity index (χ0v) is 8.70. The monoisotopic (exact) mass is 197 g/mol. The Morgan fingerprint density at radius 1 is 1.43 bits per heavy atom. The van der Waals surface area contributed by atoms with Gasteiger partial charge < -0.3 is 16.0 Å². The Morgan fingerprint density at radius 2 is 2.14 bits per heavy atom. The molecule has 1 saturated heterocycles. The second kappa shape index (κ2) is 3.77. The van der Waals surface area contributed by atoms with E-state index in [2.05, 4.69) is 5.32 Å². The van der Waals surface area contributed by atoms with Crippen LogP contribution >= 0.6 is 0 Å². The smallest absolute Gasteiger partial charge is 0.317 e. The standard InChI is InChI=1S/C10H19N3O/c1-7-9(11)5-6-13(7)10(14)12-8-3-2-4-8/h7-9H,2-6,11H2,1H3,(H,12,14). The van der Waals surface area contributed by atoms with E-state index in [1.165, 1.54) is 6.42 Å². The van der Waals surface area contributed by atoms with Gasteiger partial charge in [0.25, 0.3) is 0 Å². The van der Waals surface area contributed by atoms with E-state index >= 15 is 0 Å². The van der Waals surface area contributed by atoms with Gasteiger partial charge in [0.1, 0.15) is 0 Å². The molecule has 2 atom stereocenters. The predicted molar refractivity (Wildman–Crippen MR) is 54.9 cm³/mol. The van der Waals surface area contributed by atoms with Gasteiger partial charge in [-0.1, -0.05) is 0 Å². The van der Waals surface area contributed by atoms with Crippen molar-refractivity contribution in [1.29, 1.82) is 0 Å². The van der Waals surface area contributed by atoms with Gasteiger partial charge in [0.15, 0.2) is 0 Å². The zero-order chi connectivity index (χ0) is 10.1. The van der Waals surface area contributed by atoms with Crippen LogP contribution in [0.1, 0.15) is 32.6 Å². The Morgan fingerprint density at radius 3 is 2.57 bits per heavy atom. The maximum atomic E-state index is 11.8. The van der Waals surface area contributed by atoms with Crippen LogP contribution in [0.15, 0.2) is 0 Å². The molecule has 3 N–H and O–H groups in total. The summed E-state index contributed by atoms with van der Waals surface area (Å²) in [4.78, 5) is 13.6. The van der Waals surface area contributed by atoms with Crippen LogP contribution in [0.5, 0.6) is 0 Å². The molecule has 4 nitrogen and oxygen atoms in total. The minimum absolute atomic E-state index is 0.0788. The maximum Gasteiger partial charge on any atom is 0.317 e. The highest BCUT2D eigenvalue weighted by Crippen LogP contribution is 2.20. The van der Waals surface area contributed by atoms with E-state index in [1.54, 1.807) is 0 Å². The van der Waals surface area contributed by atoms with E-state index in [4.69, 9.17) is 5.73 Å². The SMILES string of the molecule is CC1C(N)CCN1C(=O)NC1CCC1. The Kier molecular flexibility index (Phi) is 2.63. The number of amides is 2. The van der Waals surface area contributed by atoms with E-state index in [0.717, 1.165) is 25.8 Å². The van der Waals surface area contributed by atoms with Gasteiger partial charge in [0, 0.05) is 24.7 Å². The van der Waals surface area contributed by atoms with E-state index < -0.39 is 0 Å². The second-order valence-electron chi connectivity index (χ2n) is 4.46. The van der Waals surface area contributed by atoms with Crippen LogP contribution in [0.4, 0.5) is 4.79 Å². The summed E-state index contributed by atoms with van der Waals surface area (Å²) in [6.07, 6.45) is 4.46.